The van der Waals surface area contributed by atoms with Crippen molar-refractivity contribution < 1.29 is 18.9 Å². The van der Waals surface area contributed by atoms with E-state index in [4.69, 9.17) is 16.0 Å². The second kappa shape index (κ2) is 8.46. The van der Waals surface area contributed by atoms with E-state index < -0.39 is 10.8 Å². The molecule has 0 aliphatic carbocycles. The van der Waals surface area contributed by atoms with Crippen LogP contribution in [0.3, 0.4) is 0 Å². The lowest BCUT2D eigenvalue weighted by Gasteiger charge is -2.17. The first-order valence-corrected chi connectivity index (χ1v) is 9.59. The van der Waals surface area contributed by atoms with Crippen molar-refractivity contribution in [2.45, 2.75) is 13.5 Å². The molecule has 0 atom stereocenters. The van der Waals surface area contributed by atoms with Crippen LogP contribution in [0.2, 0.25) is 5.02 Å². The van der Waals surface area contributed by atoms with Crippen molar-refractivity contribution in [2.75, 3.05) is 12.4 Å². The second-order valence-corrected chi connectivity index (χ2v) is 7.71. The molecule has 0 saturated carbocycles. The maximum absolute atomic E-state index is 12.9. The standard InChI is InChI=1S/C19H16ClN3O5S/c1-11-8-16(21-18(24)15-4-3-7-28-15)29-17(11)19(25)22(2)10-12-9-13(23(26)27)5-6-14(12)20/h3-9H,10H2,1-2H3,(H,21,24). The summed E-state index contributed by atoms with van der Waals surface area (Å²) in [5.74, 6) is -0.526. The molecule has 0 aliphatic heterocycles. The minimum atomic E-state index is -0.515. The highest BCUT2D eigenvalue weighted by atomic mass is 35.5. The normalized spacial score (nSPS) is 10.6. The van der Waals surface area contributed by atoms with Gasteiger partial charge in [-0.2, -0.15) is 0 Å². The quantitative estimate of drug-likeness (QED) is 0.446. The highest BCUT2D eigenvalue weighted by molar-refractivity contribution is 7.18. The minimum absolute atomic E-state index is 0.0968. The largest absolute Gasteiger partial charge is 0.459 e. The lowest BCUT2D eigenvalue weighted by Crippen LogP contribution is -2.26. The first kappa shape index (κ1) is 20.6. The third kappa shape index (κ3) is 4.64. The molecule has 3 rings (SSSR count). The van der Waals surface area contributed by atoms with Gasteiger partial charge in [-0.15, -0.1) is 11.3 Å². The zero-order valence-electron chi connectivity index (χ0n) is 15.5. The van der Waals surface area contributed by atoms with Gasteiger partial charge in [-0.05, 0) is 42.3 Å². The fourth-order valence-electron chi connectivity index (χ4n) is 2.63. The van der Waals surface area contributed by atoms with Gasteiger partial charge in [0.15, 0.2) is 5.76 Å². The molecule has 2 aromatic heterocycles. The molecule has 0 saturated heterocycles. The maximum atomic E-state index is 12.9. The number of nitrogens with one attached hydrogen (secondary N) is 1. The Morgan fingerprint density at radius 2 is 2.07 bits per heavy atom. The number of nitro groups is 1. The molecule has 0 fully saturated rings. The van der Waals surface area contributed by atoms with Crippen molar-refractivity contribution in [3.05, 3.63) is 79.6 Å². The average molecular weight is 434 g/mol. The number of halogens is 1. The summed E-state index contributed by atoms with van der Waals surface area (Å²) < 4.78 is 5.05. The predicted molar refractivity (Wildman–Crippen MR) is 110 cm³/mol. The number of nitro benzene ring substituents is 1. The summed E-state index contributed by atoms with van der Waals surface area (Å²) in [5.41, 5.74) is 1.07. The lowest BCUT2D eigenvalue weighted by atomic mass is 10.2. The smallest absolute Gasteiger partial charge is 0.291 e. The van der Waals surface area contributed by atoms with Gasteiger partial charge in [-0.1, -0.05) is 11.6 Å². The number of nitrogens with zero attached hydrogens (tertiary/aromatic N) is 2. The van der Waals surface area contributed by atoms with Gasteiger partial charge in [0.2, 0.25) is 0 Å². The van der Waals surface area contributed by atoms with Crippen molar-refractivity contribution in [1.82, 2.24) is 4.90 Å². The number of rotatable bonds is 6. The third-order valence-corrected chi connectivity index (χ3v) is 5.60. The number of carbonyl (C=O) groups is 2. The number of hydrogen-bond acceptors (Lipinski definition) is 6. The highest BCUT2D eigenvalue weighted by Crippen LogP contribution is 2.29. The molecule has 1 aromatic carbocycles. The third-order valence-electron chi connectivity index (χ3n) is 4.09. The number of hydrogen-bond donors (Lipinski definition) is 1. The van der Waals surface area contributed by atoms with E-state index >= 15 is 0 Å². The summed E-state index contributed by atoms with van der Waals surface area (Å²) >= 11 is 7.26. The molecule has 2 amide bonds. The lowest BCUT2D eigenvalue weighted by molar-refractivity contribution is -0.384. The zero-order valence-corrected chi connectivity index (χ0v) is 17.0. The molecule has 0 aliphatic rings. The maximum Gasteiger partial charge on any atom is 0.291 e. The molecule has 3 aromatic rings. The number of anilines is 1. The van der Waals surface area contributed by atoms with Gasteiger partial charge in [-0.3, -0.25) is 19.7 Å². The van der Waals surface area contributed by atoms with Crippen molar-refractivity contribution in [3.8, 4) is 0 Å². The summed E-state index contributed by atoms with van der Waals surface area (Å²) in [4.78, 5) is 37.3. The Labute approximate surface area is 174 Å². The van der Waals surface area contributed by atoms with Crippen LogP contribution in [0.5, 0.6) is 0 Å². The van der Waals surface area contributed by atoms with Crippen molar-refractivity contribution in [2.24, 2.45) is 0 Å². The van der Waals surface area contributed by atoms with Crippen LogP contribution in [0.15, 0.2) is 47.1 Å². The van der Waals surface area contributed by atoms with Crippen LogP contribution in [-0.4, -0.2) is 28.7 Å². The topological polar surface area (TPSA) is 106 Å². The number of amides is 2. The summed E-state index contributed by atoms with van der Waals surface area (Å²) in [5, 5.41) is 14.5. The van der Waals surface area contributed by atoms with Crippen LogP contribution in [0.4, 0.5) is 10.7 Å². The number of benzene rings is 1. The molecule has 0 unspecified atom stereocenters. The summed E-state index contributed by atoms with van der Waals surface area (Å²) in [6.45, 7) is 1.87. The summed E-state index contributed by atoms with van der Waals surface area (Å²) in [6, 6.07) is 8.95. The van der Waals surface area contributed by atoms with Crippen LogP contribution < -0.4 is 5.32 Å². The van der Waals surface area contributed by atoms with Crippen LogP contribution >= 0.6 is 22.9 Å². The molecule has 8 nitrogen and oxygen atoms in total. The van der Waals surface area contributed by atoms with Crippen LogP contribution in [0, 0.1) is 17.0 Å². The van der Waals surface area contributed by atoms with Gasteiger partial charge >= 0.3 is 0 Å². The fourth-order valence-corrected chi connectivity index (χ4v) is 3.87. The molecular formula is C19H16ClN3O5S. The molecule has 10 heteroatoms. The predicted octanol–water partition coefficient (Wildman–Crippen LogP) is 4.74. The van der Waals surface area contributed by atoms with Gasteiger partial charge in [0.05, 0.1) is 21.1 Å². The van der Waals surface area contributed by atoms with E-state index in [1.165, 1.54) is 29.4 Å². The Balaban J connectivity index is 1.75. The van der Waals surface area contributed by atoms with Crippen LogP contribution in [0.25, 0.3) is 0 Å². The van der Waals surface area contributed by atoms with E-state index in [9.17, 15) is 19.7 Å². The van der Waals surface area contributed by atoms with E-state index in [1.807, 2.05) is 0 Å². The van der Waals surface area contributed by atoms with E-state index in [0.717, 1.165) is 11.3 Å². The Bertz CT molecular complexity index is 1080. The van der Waals surface area contributed by atoms with E-state index in [2.05, 4.69) is 5.32 Å². The number of thiophene rings is 1. The van der Waals surface area contributed by atoms with Gasteiger partial charge in [-0.25, -0.2) is 0 Å². The van der Waals surface area contributed by atoms with Gasteiger partial charge in [0, 0.05) is 30.7 Å². The Morgan fingerprint density at radius 1 is 1.31 bits per heavy atom. The van der Waals surface area contributed by atoms with Gasteiger partial charge in [0.1, 0.15) is 0 Å². The first-order valence-electron chi connectivity index (χ1n) is 8.40. The Hall–Kier alpha value is -3.17. The number of aryl methyl sites for hydroxylation is 1. The molecule has 0 radical (unpaired) electrons. The van der Waals surface area contributed by atoms with Crippen LogP contribution in [-0.2, 0) is 6.54 Å². The number of carbonyl (C=O) groups excluding carboxylic acids is 2. The van der Waals surface area contributed by atoms with Gasteiger partial charge < -0.3 is 14.6 Å². The summed E-state index contributed by atoms with van der Waals surface area (Å²) in [7, 11) is 1.58. The van der Waals surface area contributed by atoms with Crippen molar-refractivity contribution in [1.29, 1.82) is 0 Å². The zero-order chi connectivity index (χ0) is 21.1. The average Bonchev–Trinajstić information content (AvgIpc) is 3.32. The Kier molecular flexibility index (Phi) is 6.00. The first-order chi connectivity index (χ1) is 13.8. The van der Waals surface area contributed by atoms with Crippen molar-refractivity contribution >= 4 is 45.4 Å². The molecular weight excluding hydrogens is 418 g/mol. The molecule has 0 bridgehead atoms. The highest BCUT2D eigenvalue weighted by Gasteiger charge is 2.21. The van der Waals surface area contributed by atoms with E-state index in [-0.39, 0.29) is 23.9 Å². The fraction of sp³-hybridized carbons (Fsp3) is 0.158. The van der Waals surface area contributed by atoms with E-state index in [0.29, 0.717) is 26.0 Å². The molecule has 29 heavy (non-hydrogen) atoms. The molecule has 1 N–H and O–H groups in total. The van der Waals surface area contributed by atoms with Gasteiger partial charge in [0.25, 0.3) is 17.5 Å². The number of non-ortho nitro benzene ring substituents is 1. The SMILES string of the molecule is Cc1cc(NC(=O)c2ccco2)sc1C(=O)N(C)Cc1cc([N+](=O)[O-])ccc1Cl. The minimum Gasteiger partial charge on any atom is -0.459 e. The number of furan rings is 1. The Morgan fingerprint density at radius 3 is 2.72 bits per heavy atom. The van der Waals surface area contributed by atoms with Crippen molar-refractivity contribution in [3.63, 3.8) is 0 Å². The summed E-state index contributed by atoms with van der Waals surface area (Å²) in [6.07, 6.45) is 1.40. The monoisotopic (exact) mass is 433 g/mol. The molecule has 2 heterocycles. The van der Waals surface area contributed by atoms with Crippen LogP contribution in [0.1, 0.15) is 31.4 Å². The molecule has 150 valence electrons. The second-order valence-electron chi connectivity index (χ2n) is 6.25. The molecule has 0 spiro atoms. The van der Waals surface area contributed by atoms with E-state index in [1.54, 1.807) is 32.2 Å².